The number of aliphatic hydroxyl groups is 3. The van der Waals surface area contributed by atoms with Crippen molar-refractivity contribution < 1.29 is 20.1 Å². The van der Waals surface area contributed by atoms with Crippen LogP contribution in [0.1, 0.15) is 11.8 Å². The molecule has 4 aromatic rings. The van der Waals surface area contributed by atoms with Crippen LogP contribution in [0.2, 0.25) is 0 Å². The molecule has 2 aromatic carbocycles. The molecule has 4 atom stereocenters. The number of benzene rings is 2. The summed E-state index contributed by atoms with van der Waals surface area (Å²) in [5, 5.41) is 35.8. The number of imidazole rings is 1. The average molecular weight is 422 g/mol. The standard InChI is InChI=1S/C21H22N6O4/c22-18-15-19(25-10-24-18)27(20-17(30)16(29)14(9-28)31-20)21(26-15)23-8-12-6-3-5-11-4-1-2-7-13(11)12/h1-7,10,14,16-17,20,28-30H,8-9H2,(H,23,26)(H2,22,24,25)/t14-,16-,17-,20-/m1/s1. The van der Waals surface area contributed by atoms with Crippen molar-refractivity contribution in [3.05, 3.63) is 54.4 Å². The Balaban J connectivity index is 1.55. The van der Waals surface area contributed by atoms with Crippen LogP contribution in [-0.2, 0) is 11.3 Å². The van der Waals surface area contributed by atoms with E-state index in [-0.39, 0.29) is 5.82 Å². The number of nitrogens with zero attached hydrogens (tertiary/aromatic N) is 4. The van der Waals surface area contributed by atoms with Gasteiger partial charge in [-0.1, -0.05) is 42.5 Å². The fraction of sp³-hybridized carbons (Fsp3) is 0.286. The van der Waals surface area contributed by atoms with Crippen LogP contribution in [0.5, 0.6) is 0 Å². The van der Waals surface area contributed by atoms with Gasteiger partial charge in [0.1, 0.15) is 24.6 Å². The highest BCUT2D eigenvalue weighted by Crippen LogP contribution is 2.35. The molecule has 0 amide bonds. The molecule has 31 heavy (non-hydrogen) atoms. The Labute approximate surface area is 176 Å². The summed E-state index contributed by atoms with van der Waals surface area (Å²) in [5.74, 6) is 0.536. The molecule has 1 aliphatic heterocycles. The molecule has 160 valence electrons. The molecule has 1 fully saturated rings. The molecular formula is C21H22N6O4. The minimum absolute atomic E-state index is 0.184. The monoisotopic (exact) mass is 422 g/mol. The predicted molar refractivity (Wildman–Crippen MR) is 114 cm³/mol. The fourth-order valence-corrected chi connectivity index (χ4v) is 4.01. The zero-order valence-corrected chi connectivity index (χ0v) is 16.5. The first-order chi connectivity index (χ1) is 15.1. The molecule has 1 aliphatic rings. The number of ether oxygens (including phenoxy) is 1. The summed E-state index contributed by atoms with van der Waals surface area (Å²) < 4.78 is 7.27. The van der Waals surface area contributed by atoms with Gasteiger partial charge in [-0.3, -0.25) is 4.57 Å². The van der Waals surface area contributed by atoms with Crippen molar-refractivity contribution >= 4 is 33.7 Å². The molecule has 2 aromatic heterocycles. The van der Waals surface area contributed by atoms with E-state index in [0.717, 1.165) is 16.3 Å². The smallest absolute Gasteiger partial charge is 0.207 e. The second-order valence-corrected chi connectivity index (χ2v) is 7.46. The van der Waals surface area contributed by atoms with Crippen LogP contribution in [0.25, 0.3) is 21.9 Å². The van der Waals surface area contributed by atoms with Crippen LogP contribution in [-0.4, -0.2) is 59.8 Å². The van der Waals surface area contributed by atoms with Gasteiger partial charge in [0.05, 0.1) is 6.61 Å². The summed E-state index contributed by atoms with van der Waals surface area (Å²) in [7, 11) is 0. The molecule has 5 rings (SSSR count). The van der Waals surface area contributed by atoms with E-state index in [4.69, 9.17) is 10.5 Å². The molecule has 0 radical (unpaired) electrons. The van der Waals surface area contributed by atoms with Gasteiger partial charge < -0.3 is 31.1 Å². The second kappa shape index (κ2) is 7.75. The van der Waals surface area contributed by atoms with Gasteiger partial charge >= 0.3 is 0 Å². The third-order valence-corrected chi connectivity index (χ3v) is 5.59. The number of nitrogen functional groups attached to an aromatic ring is 1. The summed E-state index contributed by atoms with van der Waals surface area (Å²) >= 11 is 0. The van der Waals surface area contributed by atoms with Gasteiger partial charge in [0.25, 0.3) is 0 Å². The topological polar surface area (TPSA) is 152 Å². The second-order valence-electron chi connectivity index (χ2n) is 7.46. The van der Waals surface area contributed by atoms with Crippen LogP contribution >= 0.6 is 0 Å². The Bertz CT molecular complexity index is 1240. The number of nitrogens with one attached hydrogen (secondary N) is 1. The minimum atomic E-state index is -1.29. The van der Waals surface area contributed by atoms with E-state index in [2.05, 4.69) is 20.3 Å². The Kier molecular flexibility index (Phi) is 4.91. The van der Waals surface area contributed by atoms with Crippen molar-refractivity contribution in [3.8, 4) is 0 Å². The summed E-state index contributed by atoms with van der Waals surface area (Å²) in [5.41, 5.74) is 7.74. The number of nitrogens with two attached hydrogens (primary N) is 1. The summed E-state index contributed by atoms with van der Waals surface area (Å²) in [4.78, 5) is 12.8. The Hall–Kier alpha value is -3.31. The maximum absolute atomic E-state index is 10.6. The first-order valence-corrected chi connectivity index (χ1v) is 9.90. The fourth-order valence-electron chi connectivity index (χ4n) is 4.01. The lowest BCUT2D eigenvalue weighted by Crippen LogP contribution is -2.33. The van der Waals surface area contributed by atoms with Crippen LogP contribution in [0.3, 0.4) is 0 Å². The van der Waals surface area contributed by atoms with Crippen molar-refractivity contribution in [2.45, 2.75) is 31.1 Å². The Morgan fingerprint density at radius 2 is 1.87 bits per heavy atom. The molecule has 0 spiro atoms. The third kappa shape index (κ3) is 3.26. The summed E-state index contributed by atoms with van der Waals surface area (Å²) in [6.45, 7) is 0.00402. The van der Waals surface area contributed by atoms with Crippen molar-refractivity contribution in [1.82, 2.24) is 19.5 Å². The van der Waals surface area contributed by atoms with Gasteiger partial charge in [0, 0.05) is 6.54 Å². The molecule has 0 unspecified atom stereocenters. The largest absolute Gasteiger partial charge is 0.394 e. The molecule has 10 heteroatoms. The predicted octanol–water partition coefficient (Wildman–Crippen LogP) is 0.785. The number of hydrogen-bond donors (Lipinski definition) is 5. The molecule has 3 heterocycles. The first-order valence-electron chi connectivity index (χ1n) is 9.90. The van der Waals surface area contributed by atoms with E-state index in [1.165, 1.54) is 6.33 Å². The number of aliphatic hydroxyl groups excluding tert-OH is 3. The number of anilines is 2. The van der Waals surface area contributed by atoms with Gasteiger partial charge in [0.2, 0.25) is 5.95 Å². The molecule has 0 aliphatic carbocycles. The normalized spacial score (nSPS) is 23.6. The Morgan fingerprint density at radius 1 is 1.06 bits per heavy atom. The molecule has 0 bridgehead atoms. The van der Waals surface area contributed by atoms with Gasteiger partial charge in [-0.05, 0) is 16.3 Å². The number of aromatic nitrogens is 4. The molecule has 10 nitrogen and oxygen atoms in total. The lowest BCUT2D eigenvalue weighted by Gasteiger charge is -2.20. The lowest BCUT2D eigenvalue weighted by molar-refractivity contribution is -0.0501. The van der Waals surface area contributed by atoms with E-state index in [9.17, 15) is 15.3 Å². The molecule has 0 saturated carbocycles. The van der Waals surface area contributed by atoms with Crippen LogP contribution < -0.4 is 11.1 Å². The van der Waals surface area contributed by atoms with E-state index in [0.29, 0.717) is 23.7 Å². The van der Waals surface area contributed by atoms with Crippen molar-refractivity contribution in [2.75, 3.05) is 17.7 Å². The SMILES string of the molecule is Nc1ncnc2c1nc(NCc1cccc3ccccc13)n2[C@@H]1O[C@H](CO)[C@@H](O)[C@H]1O. The highest BCUT2D eigenvalue weighted by Gasteiger charge is 2.45. The van der Waals surface area contributed by atoms with Gasteiger partial charge in [-0.25, -0.2) is 15.0 Å². The minimum Gasteiger partial charge on any atom is -0.394 e. The first kappa shape index (κ1) is 19.6. The van der Waals surface area contributed by atoms with E-state index in [1.807, 2.05) is 42.5 Å². The Morgan fingerprint density at radius 3 is 2.68 bits per heavy atom. The average Bonchev–Trinajstić information content (AvgIpc) is 3.30. The van der Waals surface area contributed by atoms with Crippen molar-refractivity contribution in [3.63, 3.8) is 0 Å². The zero-order chi connectivity index (χ0) is 21.5. The van der Waals surface area contributed by atoms with Crippen LogP contribution in [0, 0.1) is 0 Å². The number of fused-ring (bicyclic) bond motifs is 2. The van der Waals surface area contributed by atoms with Gasteiger partial charge in [-0.15, -0.1) is 0 Å². The lowest BCUT2D eigenvalue weighted by atomic mass is 10.0. The zero-order valence-electron chi connectivity index (χ0n) is 16.5. The highest BCUT2D eigenvalue weighted by atomic mass is 16.6. The maximum atomic E-state index is 10.6. The number of rotatable bonds is 5. The third-order valence-electron chi connectivity index (χ3n) is 5.59. The highest BCUT2D eigenvalue weighted by molar-refractivity contribution is 5.86. The van der Waals surface area contributed by atoms with Crippen molar-refractivity contribution in [1.29, 1.82) is 0 Å². The van der Waals surface area contributed by atoms with Gasteiger partial charge in [0.15, 0.2) is 23.2 Å². The summed E-state index contributed by atoms with van der Waals surface area (Å²) in [6.07, 6.45) is -3.18. The molecular weight excluding hydrogens is 400 g/mol. The van der Waals surface area contributed by atoms with Crippen molar-refractivity contribution in [2.24, 2.45) is 0 Å². The maximum Gasteiger partial charge on any atom is 0.207 e. The van der Waals surface area contributed by atoms with E-state index in [1.54, 1.807) is 4.57 Å². The van der Waals surface area contributed by atoms with E-state index < -0.39 is 31.1 Å². The number of hydrogen-bond acceptors (Lipinski definition) is 9. The summed E-state index contributed by atoms with van der Waals surface area (Å²) in [6, 6.07) is 14.1. The molecule has 6 N–H and O–H groups in total. The molecule has 1 saturated heterocycles. The van der Waals surface area contributed by atoms with Gasteiger partial charge in [-0.2, -0.15) is 0 Å². The van der Waals surface area contributed by atoms with Crippen LogP contribution in [0.15, 0.2) is 48.8 Å². The van der Waals surface area contributed by atoms with E-state index >= 15 is 0 Å². The van der Waals surface area contributed by atoms with Crippen LogP contribution in [0.4, 0.5) is 11.8 Å². The quantitative estimate of drug-likeness (QED) is 0.314.